The molecule has 2 rings (SSSR count). The summed E-state index contributed by atoms with van der Waals surface area (Å²) in [5.41, 5.74) is 1.25. The smallest absolute Gasteiger partial charge is 0.143 e. The van der Waals surface area contributed by atoms with E-state index in [0.29, 0.717) is 4.75 Å². The minimum absolute atomic E-state index is 0.323. The fourth-order valence-corrected chi connectivity index (χ4v) is 3.54. The van der Waals surface area contributed by atoms with Crippen LogP contribution in [0.2, 0.25) is 0 Å². The molecule has 0 amide bonds. The van der Waals surface area contributed by atoms with Gasteiger partial charge in [0.15, 0.2) is 0 Å². The Morgan fingerprint density at radius 1 is 1.50 bits per heavy atom. The van der Waals surface area contributed by atoms with Gasteiger partial charge in [-0.15, -0.1) is 0 Å². The maximum absolute atomic E-state index is 4.50. The van der Waals surface area contributed by atoms with Gasteiger partial charge in [-0.05, 0) is 48.3 Å². The van der Waals surface area contributed by atoms with Gasteiger partial charge in [-0.25, -0.2) is 4.98 Å². The quantitative estimate of drug-likeness (QED) is 0.790. The van der Waals surface area contributed by atoms with Gasteiger partial charge in [-0.3, -0.25) is 0 Å². The molecule has 2 heterocycles. The second kappa shape index (κ2) is 4.57. The number of nitrogens with zero attached hydrogens (tertiary/aromatic N) is 2. The summed E-state index contributed by atoms with van der Waals surface area (Å²) in [6, 6.07) is 2.04. The lowest BCUT2D eigenvalue weighted by atomic mass is 10.2. The molecule has 0 radical (unpaired) electrons. The largest absolute Gasteiger partial charge is 0.353 e. The van der Waals surface area contributed by atoms with Gasteiger partial charge < -0.3 is 4.90 Å². The molecule has 1 aromatic heterocycles. The number of hydrogen-bond acceptors (Lipinski definition) is 3. The van der Waals surface area contributed by atoms with E-state index in [1.54, 1.807) is 0 Å². The van der Waals surface area contributed by atoms with E-state index >= 15 is 0 Å². The van der Waals surface area contributed by atoms with Gasteiger partial charge in [-0.1, -0.05) is 0 Å². The Morgan fingerprint density at radius 3 is 2.94 bits per heavy atom. The molecular formula is C12H17BrN2S. The van der Waals surface area contributed by atoms with Crippen LogP contribution in [-0.2, 0) is 0 Å². The highest BCUT2D eigenvalue weighted by molar-refractivity contribution is 9.10. The third-order valence-corrected chi connectivity index (χ3v) is 5.07. The van der Waals surface area contributed by atoms with Gasteiger partial charge >= 0.3 is 0 Å². The minimum atomic E-state index is 0.323. The first kappa shape index (κ1) is 12.2. The fraction of sp³-hybridized carbons (Fsp3) is 0.583. The number of pyridine rings is 1. The highest BCUT2D eigenvalue weighted by Gasteiger charge is 2.28. The maximum atomic E-state index is 4.50. The standard InChI is InChI=1S/C12H17BrN2S/c1-9-4-5-14-11(10(9)13)15-6-7-16-12(2,3)8-15/h4-5H,6-8H2,1-3H3. The second-order valence-electron chi connectivity index (χ2n) is 4.80. The molecule has 0 bridgehead atoms. The molecule has 16 heavy (non-hydrogen) atoms. The second-order valence-corrected chi connectivity index (χ2v) is 7.39. The normalized spacial score (nSPS) is 19.9. The van der Waals surface area contributed by atoms with Crippen LogP contribution in [0.1, 0.15) is 19.4 Å². The maximum Gasteiger partial charge on any atom is 0.143 e. The van der Waals surface area contributed by atoms with Gasteiger partial charge in [0.05, 0.1) is 4.47 Å². The van der Waals surface area contributed by atoms with Crippen molar-refractivity contribution in [1.82, 2.24) is 4.98 Å². The van der Waals surface area contributed by atoms with Crippen LogP contribution in [0.15, 0.2) is 16.7 Å². The molecule has 0 aromatic carbocycles. The number of halogens is 1. The van der Waals surface area contributed by atoms with Crippen molar-refractivity contribution in [2.45, 2.75) is 25.5 Å². The first-order valence-electron chi connectivity index (χ1n) is 5.50. The molecule has 0 saturated carbocycles. The SMILES string of the molecule is Cc1ccnc(N2CCSC(C)(C)C2)c1Br. The summed E-state index contributed by atoms with van der Waals surface area (Å²) < 4.78 is 1.46. The molecule has 1 fully saturated rings. The molecule has 0 N–H and O–H groups in total. The van der Waals surface area contributed by atoms with E-state index in [0.717, 1.165) is 23.4 Å². The Balaban J connectivity index is 2.27. The summed E-state index contributed by atoms with van der Waals surface area (Å²) >= 11 is 5.69. The van der Waals surface area contributed by atoms with Crippen LogP contribution in [0.25, 0.3) is 0 Å². The molecular weight excluding hydrogens is 284 g/mol. The van der Waals surface area contributed by atoms with Gasteiger partial charge in [-0.2, -0.15) is 11.8 Å². The van der Waals surface area contributed by atoms with E-state index in [1.165, 1.54) is 11.3 Å². The number of aromatic nitrogens is 1. The summed E-state index contributed by atoms with van der Waals surface area (Å²) in [5.74, 6) is 2.27. The van der Waals surface area contributed by atoms with Crippen molar-refractivity contribution in [2.75, 3.05) is 23.7 Å². The summed E-state index contributed by atoms with van der Waals surface area (Å²) in [7, 11) is 0. The van der Waals surface area contributed by atoms with Crippen LogP contribution >= 0.6 is 27.7 Å². The Hall–Kier alpha value is -0.220. The van der Waals surface area contributed by atoms with Crippen molar-refractivity contribution in [2.24, 2.45) is 0 Å². The molecule has 1 aromatic rings. The number of rotatable bonds is 1. The van der Waals surface area contributed by atoms with Crippen molar-refractivity contribution >= 4 is 33.5 Å². The van der Waals surface area contributed by atoms with Crippen molar-refractivity contribution < 1.29 is 0 Å². The van der Waals surface area contributed by atoms with Crippen LogP contribution in [0.4, 0.5) is 5.82 Å². The van der Waals surface area contributed by atoms with Crippen LogP contribution < -0.4 is 4.90 Å². The van der Waals surface area contributed by atoms with E-state index in [1.807, 2.05) is 24.0 Å². The Labute approximate surface area is 110 Å². The highest BCUT2D eigenvalue weighted by Crippen LogP contribution is 2.34. The molecule has 0 aliphatic carbocycles. The predicted molar refractivity (Wildman–Crippen MR) is 75.4 cm³/mol. The molecule has 88 valence electrons. The Bertz CT molecular complexity index is 393. The van der Waals surface area contributed by atoms with E-state index in [4.69, 9.17) is 0 Å². The molecule has 1 aliphatic rings. The predicted octanol–water partition coefficient (Wildman–Crippen LogP) is 3.48. The van der Waals surface area contributed by atoms with E-state index in [-0.39, 0.29) is 0 Å². The zero-order chi connectivity index (χ0) is 11.8. The highest BCUT2D eigenvalue weighted by atomic mass is 79.9. The topological polar surface area (TPSA) is 16.1 Å². The van der Waals surface area contributed by atoms with Crippen molar-refractivity contribution in [3.05, 3.63) is 22.3 Å². The first-order valence-corrected chi connectivity index (χ1v) is 7.27. The van der Waals surface area contributed by atoms with E-state index < -0.39 is 0 Å². The van der Waals surface area contributed by atoms with Crippen LogP contribution in [0.5, 0.6) is 0 Å². The van der Waals surface area contributed by atoms with Crippen LogP contribution in [-0.4, -0.2) is 28.6 Å². The molecule has 4 heteroatoms. The zero-order valence-corrected chi connectivity index (χ0v) is 12.4. The molecule has 0 atom stereocenters. The summed E-state index contributed by atoms with van der Waals surface area (Å²) in [6.45, 7) is 8.86. The van der Waals surface area contributed by atoms with Crippen molar-refractivity contribution in [1.29, 1.82) is 0 Å². The van der Waals surface area contributed by atoms with Gasteiger partial charge in [0.25, 0.3) is 0 Å². The van der Waals surface area contributed by atoms with Gasteiger partial charge in [0.2, 0.25) is 0 Å². The lowest BCUT2D eigenvalue weighted by molar-refractivity contribution is 0.641. The average molecular weight is 301 g/mol. The van der Waals surface area contributed by atoms with E-state index in [9.17, 15) is 0 Å². The third kappa shape index (κ3) is 2.54. The number of aryl methyl sites for hydroxylation is 1. The molecule has 2 nitrogen and oxygen atoms in total. The molecule has 0 spiro atoms. The summed E-state index contributed by atoms with van der Waals surface area (Å²) in [4.78, 5) is 6.88. The fourth-order valence-electron chi connectivity index (χ4n) is 1.94. The van der Waals surface area contributed by atoms with Crippen molar-refractivity contribution in [3.63, 3.8) is 0 Å². The monoisotopic (exact) mass is 300 g/mol. The molecule has 1 aliphatic heterocycles. The first-order chi connectivity index (χ1) is 7.49. The van der Waals surface area contributed by atoms with Crippen LogP contribution in [0.3, 0.4) is 0 Å². The van der Waals surface area contributed by atoms with E-state index in [2.05, 4.69) is 46.6 Å². The average Bonchev–Trinajstić information content (AvgIpc) is 2.20. The number of thioether (sulfide) groups is 1. The molecule has 1 saturated heterocycles. The summed E-state index contributed by atoms with van der Waals surface area (Å²) in [5, 5.41) is 0. The minimum Gasteiger partial charge on any atom is -0.353 e. The molecule has 0 unspecified atom stereocenters. The van der Waals surface area contributed by atoms with Gasteiger partial charge in [0, 0.05) is 29.8 Å². The van der Waals surface area contributed by atoms with Crippen LogP contribution in [0, 0.1) is 6.92 Å². The van der Waals surface area contributed by atoms with Gasteiger partial charge in [0.1, 0.15) is 5.82 Å². The lowest BCUT2D eigenvalue weighted by Gasteiger charge is -2.38. The lowest BCUT2D eigenvalue weighted by Crippen LogP contribution is -2.43. The summed E-state index contributed by atoms with van der Waals surface area (Å²) in [6.07, 6.45) is 1.89. The zero-order valence-electron chi connectivity index (χ0n) is 9.96. The number of hydrogen-bond donors (Lipinski definition) is 0. The Kier molecular flexibility index (Phi) is 3.50. The third-order valence-electron chi connectivity index (χ3n) is 2.79. The van der Waals surface area contributed by atoms with Crippen molar-refractivity contribution in [3.8, 4) is 0 Å². The Morgan fingerprint density at radius 2 is 2.25 bits per heavy atom. The number of anilines is 1.